The maximum atomic E-state index is 13.2. The topological polar surface area (TPSA) is 76.4 Å². The number of benzene rings is 2. The first-order valence-electron chi connectivity index (χ1n) is 10.7. The number of ether oxygens (including phenoxy) is 1. The van der Waals surface area contributed by atoms with Crippen LogP contribution in [0.25, 0.3) is 17.1 Å². The highest BCUT2D eigenvalue weighted by Gasteiger charge is 2.28. The number of hydrogen-bond acceptors (Lipinski definition) is 4. The number of nitrogens with zero attached hydrogens (tertiary/aromatic N) is 2. The number of amides is 1. The molecular formula is C24H25Cl2N3O3. The molecule has 0 spiro atoms. The second-order valence-corrected chi connectivity index (χ2v) is 8.62. The summed E-state index contributed by atoms with van der Waals surface area (Å²) >= 11 is 12.5. The lowest BCUT2D eigenvalue weighted by Gasteiger charge is -2.31. The van der Waals surface area contributed by atoms with E-state index in [2.05, 4.69) is 10.3 Å². The standard InChI is InChI=1S/C24H25Cl2N3O3/c25-16-9-11-17(12-10-16)29-15-21(27-23(29)18-5-1-2-6-19(18)26)24(31)28-20-7-3-4-8-22(20)32-14-13-30/h1-2,5-6,9-12,15,20,22,30H,3-4,7-8,13-14H2,(H,28,31). The molecule has 1 heterocycles. The van der Waals surface area contributed by atoms with Crippen molar-refractivity contribution in [2.45, 2.75) is 37.8 Å². The third-order valence-corrected chi connectivity index (χ3v) is 6.18. The number of aliphatic hydroxyl groups is 1. The van der Waals surface area contributed by atoms with Crippen LogP contribution >= 0.6 is 23.2 Å². The second kappa shape index (κ2) is 10.5. The van der Waals surface area contributed by atoms with Crippen molar-refractivity contribution in [1.82, 2.24) is 14.9 Å². The number of halogens is 2. The van der Waals surface area contributed by atoms with Crippen molar-refractivity contribution in [2.75, 3.05) is 13.2 Å². The van der Waals surface area contributed by atoms with Crippen LogP contribution < -0.4 is 5.32 Å². The van der Waals surface area contributed by atoms with Gasteiger partial charge in [-0.15, -0.1) is 0 Å². The summed E-state index contributed by atoms with van der Waals surface area (Å²) in [5.41, 5.74) is 1.84. The Balaban J connectivity index is 1.65. The van der Waals surface area contributed by atoms with Crippen LogP contribution in [-0.2, 0) is 4.74 Å². The summed E-state index contributed by atoms with van der Waals surface area (Å²) in [7, 11) is 0. The van der Waals surface area contributed by atoms with Gasteiger partial charge in [0.2, 0.25) is 0 Å². The SMILES string of the molecule is O=C(NC1CCCCC1OCCO)c1cn(-c2ccc(Cl)cc2)c(-c2ccccc2Cl)n1. The Morgan fingerprint density at radius 3 is 2.62 bits per heavy atom. The van der Waals surface area contributed by atoms with Crippen LogP contribution in [0.1, 0.15) is 36.2 Å². The number of aromatic nitrogens is 2. The first kappa shape index (κ1) is 22.8. The van der Waals surface area contributed by atoms with Gasteiger partial charge in [-0.05, 0) is 49.2 Å². The Kier molecular flexibility index (Phi) is 7.48. The molecule has 32 heavy (non-hydrogen) atoms. The van der Waals surface area contributed by atoms with Crippen molar-refractivity contribution in [1.29, 1.82) is 0 Å². The first-order valence-corrected chi connectivity index (χ1v) is 11.5. The Bertz CT molecular complexity index is 1070. The molecule has 168 valence electrons. The zero-order valence-electron chi connectivity index (χ0n) is 17.5. The van der Waals surface area contributed by atoms with Gasteiger partial charge in [0.05, 0.1) is 30.4 Å². The van der Waals surface area contributed by atoms with Gasteiger partial charge in [-0.1, -0.05) is 48.2 Å². The highest BCUT2D eigenvalue weighted by molar-refractivity contribution is 6.33. The number of hydrogen-bond donors (Lipinski definition) is 2. The predicted octanol–water partition coefficient (Wildman–Crippen LogP) is 4.90. The molecule has 6 nitrogen and oxygen atoms in total. The van der Waals surface area contributed by atoms with E-state index in [1.165, 1.54) is 0 Å². The molecule has 4 rings (SSSR count). The van der Waals surface area contributed by atoms with E-state index in [1.807, 2.05) is 34.9 Å². The average Bonchev–Trinajstić information content (AvgIpc) is 3.25. The lowest BCUT2D eigenvalue weighted by molar-refractivity contribution is -0.00980. The second-order valence-electron chi connectivity index (χ2n) is 7.77. The largest absolute Gasteiger partial charge is 0.394 e. The maximum absolute atomic E-state index is 13.2. The average molecular weight is 474 g/mol. The zero-order chi connectivity index (χ0) is 22.5. The van der Waals surface area contributed by atoms with Crippen LogP contribution in [0.15, 0.2) is 54.7 Å². The summed E-state index contributed by atoms with van der Waals surface area (Å²) in [6.45, 7) is 0.225. The Morgan fingerprint density at radius 2 is 1.88 bits per heavy atom. The van der Waals surface area contributed by atoms with Gasteiger partial charge < -0.3 is 15.2 Å². The Labute approximate surface area is 197 Å². The third kappa shape index (κ3) is 5.15. The molecule has 1 aliphatic carbocycles. The molecule has 0 bridgehead atoms. The molecule has 0 saturated heterocycles. The van der Waals surface area contributed by atoms with E-state index in [9.17, 15) is 4.79 Å². The van der Waals surface area contributed by atoms with E-state index in [4.69, 9.17) is 33.0 Å². The minimum Gasteiger partial charge on any atom is -0.394 e. The summed E-state index contributed by atoms with van der Waals surface area (Å²) in [4.78, 5) is 17.8. The van der Waals surface area contributed by atoms with Gasteiger partial charge in [0.1, 0.15) is 11.5 Å². The summed E-state index contributed by atoms with van der Waals surface area (Å²) in [5, 5.41) is 13.3. The van der Waals surface area contributed by atoms with E-state index in [0.29, 0.717) is 21.6 Å². The van der Waals surface area contributed by atoms with Crippen molar-refractivity contribution in [3.05, 3.63) is 70.5 Å². The molecule has 1 aliphatic rings. The molecule has 1 aromatic heterocycles. The van der Waals surface area contributed by atoms with Crippen molar-refractivity contribution in [3.8, 4) is 17.1 Å². The number of carbonyl (C=O) groups is 1. The highest BCUT2D eigenvalue weighted by atomic mass is 35.5. The molecule has 3 aromatic rings. The summed E-state index contributed by atoms with van der Waals surface area (Å²) in [6, 6.07) is 14.6. The Hall–Kier alpha value is -2.38. The molecule has 2 unspecified atom stereocenters. The quantitative estimate of drug-likeness (QED) is 0.511. The van der Waals surface area contributed by atoms with Gasteiger partial charge in [-0.3, -0.25) is 9.36 Å². The summed E-state index contributed by atoms with van der Waals surface area (Å²) in [6.07, 6.45) is 5.36. The maximum Gasteiger partial charge on any atom is 0.271 e. The number of nitrogens with one attached hydrogen (secondary N) is 1. The van der Waals surface area contributed by atoms with Gasteiger partial charge in [-0.2, -0.15) is 0 Å². The third-order valence-electron chi connectivity index (χ3n) is 5.60. The fourth-order valence-electron chi connectivity index (χ4n) is 4.03. The van der Waals surface area contributed by atoms with Gasteiger partial charge >= 0.3 is 0 Å². The van der Waals surface area contributed by atoms with Crippen molar-refractivity contribution in [3.63, 3.8) is 0 Å². The zero-order valence-corrected chi connectivity index (χ0v) is 19.0. The van der Waals surface area contributed by atoms with Gasteiger partial charge in [0, 0.05) is 22.5 Å². The molecule has 1 saturated carbocycles. The van der Waals surface area contributed by atoms with E-state index >= 15 is 0 Å². The van der Waals surface area contributed by atoms with Crippen LogP contribution in [-0.4, -0.2) is 45.9 Å². The van der Waals surface area contributed by atoms with Gasteiger partial charge in [0.15, 0.2) is 0 Å². The van der Waals surface area contributed by atoms with Gasteiger partial charge in [-0.25, -0.2) is 4.98 Å². The number of aliphatic hydroxyl groups excluding tert-OH is 1. The molecule has 2 N–H and O–H groups in total. The molecule has 2 aromatic carbocycles. The fraction of sp³-hybridized carbons (Fsp3) is 0.333. The van der Waals surface area contributed by atoms with E-state index in [-0.39, 0.29) is 31.3 Å². The van der Waals surface area contributed by atoms with E-state index in [0.717, 1.165) is 36.9 Å². The van der Waals surface area contributed by atoms with Crippen molar-refractivity contribution in [2.24, 2.45) is 0 Å². The molecule has 0 aliphatic heterocycles. The van der Waals surface area contributed by atoms with E-state index < -0.39 is 0 Å². The van der Waals surface area contributed by atoms with Gasteiger partial charge in [0.25, 0.3) is 5.91 Å². The molecule has 2 atom stereocenters. The minimum absolute atomic E-state index is 0.0378. The minimum atomic E-state index is -0.268. The van der Waals surface area contributed by atoms with E-state index in [1.54, 1.807) is 24.4 Å². The molecule has 0 radical (unpaired) electrons. The lowest BCUT2D eigenvalue weighted by atomic mass is 9.92. The molecular weight excluding hydrogens is 449 g/mol. The monoisotopic (exact) mass is 473 g/mol. The highest BCUT2D eigenvalue weighted by Crippen LogP contribution is 2.30. The van der Waals surface area contributed by atoms with Crippen LogP contribution in [0.4, 0.5) is 0 Å². The van der Waals surface area contributed by atoms with Crippen LogP contribution in [0.2, 0.25) is 10.0 Å². The smallest absolute Gasteiger partial charge is 0.271 e. The number of carbonyl (C=O) groups excluding carboxylic acids is 1. The Morgan fingerprint density at radius 1 is 1.12 bits per heavy atom. The van der Waals surface area contributed by atoms with Crippen LogP contribution in [0, 0.1) is 0 Å². The molecule has 1 amide bonds. The first-order chi connectivity index (χ1) is 15.6. The normalized spacial score (nSPS) is 18.5. The van der Waals surface area contributed by atoms with Crippen LogP contribution in [0.5, 0.6) is 0 Å². The fourth-order valence-corrected chi connectivity index (χ4v) is 4.37. The lowest BCUT2D eigenvalue weighted by Crippen LogP contribution is -2.46. The number of imidazole rings is 1. The molecule has 8 heteroatoms. The van der Waals surface area contributed by atoms with Crippen LogP contribution in [0.3, 0.4) is 0 Å². The summed E-state index contributed by atoms with van der Waals surface area (Å²) in [5.74, 6) is 0.301. The van der Waals surface area contributed by atoms with Crippen molar-refractivity contribution >= 4 is 29.1 Å². The predicted molar refractivity (Wildman–Crippen MR) is 126 cm³/mol. The molecule has 1 fully saturated rings. The number of rotatable bonds is 7. The van der Waals surface area contributed by atoms with Crippen molar-refractivity contribution < 1.29 is 14.6 Å². The summed E-state index contributed by atoms with van der Waals surface area (Å²) < 4.78 is 7.60.